The van der Waals surface area contributed by atoms with Crippen molar-refractivity contribution < 1.29 is 9.21 Å². The third kappa shape index (κ3) is 2.69. The van der Waals surface area contributed by atoms with Crippen LogP contribution in [0.5, 0.6) is 0 Å². The van der Waals surface area contributed by atoms with Gasteiger partial charge in [-0.1, -0.05) is 6.92 Å². The lowest BCUT2D eigenvalue weighted by molar-refractivity contribution is -0.123. The number of ketones is 1. The zero-order valence-electron chi connectivity index (χ0n) is 9.03. The fourth-order valence-corrected chi connectivity index (χ4v) is 2.13. The Balaban J connectivity index is 1.90. The molecule has 82 valence electrons. The molecule has 0 aliphatic carbocycles. The molecule has 2 atom stereocenters. The standard InChI is InChI=1S/C12H17NO2/c1-9-5-10(8-13-7-9)12(14)6-11-3-2-4-15-11/h2-4,9-10,13H,5-8H2,1H3. The molecular formula is C12H17NO2. The number of furan rings is 1. The van der Waals surface area contributed by atoms with E-state index in [1.54, 1.807) is 6.26 Å². The molecule has 1 aliphatic heterocycles. The van der Waals surface area contributed by atoms with Crippen LogP contribution in [-0.4, -0.2) is 18.9 Å². The van der Waals surface area contributed by atoms with Gasteiger partial charge >= 0.3 is 0 Å². The maximum absolute atomic E-state index is 11.9. The van der Waals surface area contributed by atoms with Crippen LogP contribution >= 0.6 is 0 Å². The lowest BCUT2D eigenvalue weighted by Crippen LogP contribution is -2.39. The number of carbonyl (C=O) groups excluding carboxylic acids is 1. The molecule has 1 aromatic rings. The number of hydrogen-bond donors (Lipinski definition) is 1. The summed E-state index contributed by atoms with van der Waals surface area (Å²) in [4.78, 5) is 11.9. The highest BCUT2D eigenvalue weighted by Gasteiger charge is 2.24. The average molecular weight is 207 g/mol. The lowest BCUT2D eigenvalue weighted by atomic mass is 9.87. The van der Waals surface area contributed by atoms with Gasteiger partial charge in [-0.2, -0.15) is 0 Å². The van der Waals surface area contributed by atoms with E-state index in [4.69, 9.17) is 4.42 Å². The van der Waals surface area contributed by atoms with E-state index in [0.29, 0.717) is 18.1 Å². The molecule has 2 unspecified atom stereocenters. The first-order valence-corrected chi connectivity index (χ1v) is 5.51. The summed E-state index contributed by atoms with van der Waals surface area (Å²) < 4.78 is 5.18. The summed E-state index contributed by atoms with van der Waals surface area (Å²) in [5.41, 5.74) is 0. The van der Waals surface area contributed by atoms with E-state index in [1.165, 1.54) is 0 Å². The minimum Gasteiger partial charge on any atom is -0.469 e. The second kappa shape index (κ2) is 4.62. The second-order valence-corrected chi connectivity index (χ2v) is 4.42. The number of piperidine rings is 1. The Kier molecular flexibility index (Phi) is 3.21. The molecule has 15 heavy (non-hydrogen) atoms. The van der Waals surface area contributed by atoms with Crippen molar-refractivity contribution in [1.29, 1.82) is 0 Å². The molecule has 0 radical (unpaired) electrons. The quantitative estimate of drug-likeness (QED) is 0.819. The number of carbonyl (C=O) groups is 1. The van der Waals surface area contributed by atoms with Crippen molar-refractivity contribution in [1.82, 2.24) is 5.32 Å². The van der Waals surface area contributed by atoms with Crippen molar-refractivity contribution in [2.75, 3.05) is 13.1 Å². The molecule has 0 amide bonds. The first-order chi connectivity index (χ1) is 7.25. The summed E-state index contributed by atoms with van der Waals surface area (Å²) in [5, 5.41) is 3.29. The van der Waals surface area contributed by atoms with Gasteiger partial charge in [0.2, 0.25) is 0 Å². The topological polar surface area (TPSA) is 42.2 Å². The number of hydrogen-bond acceptors (Lipinski definition) is 3. The highest BCUT2D eigenvalue weighted by molar-refractivity contribution is 5.83. The Hall–Kier alpha value is -1.09. The smallest absolute Gasteiger partial charge is 0.144 e. The van der Waals surface area contributed by atoms with Gasteiger partial charge in [0.05, 0.1) is 12.7 Å². The van der Waals surface area contributed by atoms with Crippen LogP contribution in [0.3, 0.4) is 0 Å². The van der Waals surface area contributed by atoms with Crippen LogP contribution < -0.4 is 5.32 Å². The van der Waals surface area contributed by atoms with Gasteiger partial charge in [-0.25, -0.2) is 0 Å². The molecule has 1 fully saturated rings. The first kappa shape index (κ1) is 10.4. The largest absolute Gasteiger partial charge is 0.469 e. The highest BCUT2D eigenvalue weighted by Crippen LogP contribution is 2.18. The van der Waals surface area contributed by atoms with Crippen LogP contribution in [-0.2, 0) is 11.2 Å². The fraction of sp³-hybridized carbons (Fsp3) is 0.583. The van der Waals surface area contributed by atoms with Crippen LogP contribution in [0.25, 0.3) is 0 Å². The monoisotopic (exact) mass is 207 g/mol. The maximum Gasteiger partial charge on any atom is 0.144 e. The van der Waals surface area contributed by atoms with Crippen molar-refractivity contribution in [2.24, 2.45) is 11.8 Å². The Morgan fingerprint density at radius 2 is 2.47 bits per heavy atom. The Labute approximate surface area is 89.9 Å². The summed E-state index contributed by atoms with van der Waals surface area (Å²) in [6.07, 6.45) is 3.06. The predicted octanol–water partition coefficient (Wildman–Crippen LogP) is 1.64. The molecule has 1 aromatic heterocycles. The summed E-state index contributed by atoms with van der Waals surface area (Å²) in [7, 11) is 0. The Bertz CT molecular complexity index is 318. The van der Waals surface area contributed by atoms with Gasteiger partial charge in [0, 0.05) is 12.5 Å². The third-order valence-electron chi connectivity index (χ3n) is 2.95. The van der Waals surface area contributed by atoms with Gasteiger partial charge in [-0.15, -0.1) is 0 Å². The van der Waals surface area contributed by atoms with Gasteiger partial charge in [0.1, 0.15) is 11.5 Å². The third-order valence-corrected chi connectivity index (χ3v) is 2.95. The van der Waals surface area contributed by atoms with Gasteiger partial charge in [0.25, 0.3) is 0 Å². The van der Waals surface area contributed by atoms with Gasteiger partial charge in [0.15, 0.2) is 0 Å². The van der Waals surface area contributed by atoms with Crippen molar-refractivity contribution in [2.45, 2.75) is 19.8 Å². The van der Waals surface area contributed by atoms with E-state index < -0.39 is 0 Å². The minimum atomic E-state index is 0.166. The first-order valence-electron chi connectivity index (χ1n) is 5.51. The summed E-state index contributed by atoms with van der Waals surface area (Å²) in [5.74, 6) is 1.84. The number of Topliss-reactive ketones (excluding diaryl/α,β-unsaturated/α-hetero) is 1. The van der Waals surface area contributed by atoms with E-state index in [9.17, 15) is 4.79 Å². The van der Waals surface area contributed by atoms with E-state index in [0.717, 1.165) is 25.3 Å². The average Bonchev–Trinajstić information content (AvgIpc) is 2.70. The molecule has 1 aliphatic rings. The molecule has 1 N–H and O–H groups in total. The number of nitrogens with one attached hydrogen (secondary N) is 1. The second-order valence-electron chi connectivity index (χ2n) is 4.42. The zero-order valence-corrected chi connectivity index (χ0v) is 9.03. The van der Waals surface area contributed by atoms with Crippen molar-refractivity contribution in [3.63, 3.8) is 0 Å². The molecule has 2 rings (SSSR count). The van der Waals surface area contributed by atoms with Gasteiger partial charge in [-0.3, -0.25) is 4.79 Å². The Morgan fingerprint density at radius 3 is 3.13 bits per heavy atom. The molecule has 1 saturated heterocycles. The van der Waals surface area contributed by atoms with Crippen molar-refractivity contribution in [3.8, 4) is 0 Å². The van der Waals surface area contributed by atoms with Crippen LogP contribution in [0.15, 0.2) is 22.8 Å². The van der Waals surface area contributed by atoms with Gasteiger partial charge < -0.3 is 9.73 Å². The van der Waals surface area contributed by atoms with E-state index in [-0.39, 0.29) is 5.92 Å². The molecule has 2 heterocycles. The zero-order chi connectivity index (χ0) is 10.7. The highest BCUT2D eigenvalue weighted by atomic mass is 16.3. The van der Waals surface area contributed by atoms with Crippen LogP contribution in [0.4, 0.5) is 0 Å². The predicted molar refractivity (Wildman–Crippen MR) is 57.6 cm³/mol. The van der Waals surface area contributed by atoms with Crippen molar-refractivity contribution in [3.05, 3.63) is 24.2 Å². The summed E-state index contributed by atoms with van der Waals surface area (Å²) in [6, 6.07) is 3.68. The SMILES string of the molecule is CC1CNCC(C(=O)Cc2ccco2)C1. The molecule has 0 bridgehead atoms. The van der Waals surface area contributed by atoms with E-state index in [1.807, 2.05) is 12.1 Å². The normalized spacial score (nSPS) is 26.5. The van der Waals surface area contributed by atoms with Crippen molar-refractivity contribution >= 4 is 5.78 Å². The van der Waals surface area contributed by atoms with Crippen LogP contribution in [0.1, 0.15) is 19.1 Å². The van der Waals surface area contributed by atoms with Crippen LogP contribution in [0.2, 0.25) is 0 Å². The summed E-state index contributed by atoms with van der Waals surface area (Å²) >= 11 is 0. The molecular weight excluding hydrogens is 190 g/mol. The number of rotatable bonds is 3. The van der Waals surface area contributed by atoms with E-state index >= 15 is 0 Å². The Morgan fingerprint density at radius 1 is 1.60 bits per heavy atom. The minimum absolute atomic E-state index is 0.166. The lowest BCUT2D eigenvalue weighted by Gasteiger charge is -2.26. The van der Waals surface area contributed by atoms with Gasteiger partial charge in [-0.05, 0) is 31.0 Å². The molecule has 3 heteroatoms. The van der Waals surface area contributed by atoms with Crippen LogP contribution in [0, 0.1) is 11.8 Å². The maximum atomic E-state index is 11.9. The summed E-state index contributed by atoms with van der Waals surface area (Å²) in [6.45, 7) is 4.04. The molecule has 0 saturated carbocycles. The molecule has 0 aromatic carbocycles. The molecule has 0 spiro atoms. The fourth-order valence-electron chi connectivity index (χ4n) is 2.13. The molecule has 3 nitrogen and oxygen atoms in total. The van der Waals surface area contributed by atoms with E-state index in [2.05, 4.69) is 12.2 Å².